The van der Waals surface area contributed by atoms with Gasteiger partial charge in [0.25, 0.3) is 6.17 Å². The normalized spacial score (nSPS) is 14.1. The van der Waals surface area contributed by atoms with Crippen molar-refractivity contribution in [1.82, 2.24) is 10.1 Å². The first-order valence-corrected chi connectivity index (χ1v) is 12.1. The van der Waals surface area contributed by atoms with E-state index in [0.717, 1.165) is 25.0 Å². The molecule has 2 aromatic carbocycles. The largest absolute Gasteiger partial charge is 0.500 e. The predicted molar refractivity (Wildman–Crippen MR) is 128 cm³/mol. The smallest absolute Gasteiger partial charge is 0.325 e. The third kappa shape index (κ3) is 4.56. The SMILES string of the molecule is CCCCCSc1n[n+]2c(c(=O)[nH]1)-c1ccccc1N[C@H]2c1cc(OCC)c(O)c([N+](=O)[O-])c1. The molecule has 10 nitrogen and oxygen atoms in total. The second kappa shape index (κ2) is 10.1. The number of unbranched alkanes of at least 4 members (excludes halogenated alkanes) is 2. The fourth-order valence-electron chi connectivity index (χ4n) is 3.88. The first-order valence-electron chi connectivity index (χ1n) is 11.1. The number of aromatic hydroxyl groups is 1. The number of hydrogen-bond acceptors (Lipinski definition) is 8. The van der Waals surface area contributed by atoms with Crippen molar-refractivity contribution in [2.45, 2.75) is 44.4 Å². The number of fused-ring (bicyclic) bond motifs is 3. The van der Waals surface area contributed by atoms with Gasteiger partial charge < -0.3 is 15.2 Å². The van der Waals surface area contributed by atoms with Crippen LogP contribution in [0.2, 0.25) is 0 Å². The molecule has 1 aromatic heterocycles. The van der Waals surface area contributed by atoms with Crippen molar-refractivity contribution in [3.05, 3.63) is 62.4 Å². The van der Waals surface area contributed by atoms with E-state index in [1.807, 2.05) is 24.3 Å². The van der Waals surface area contributed by atoms with Crippen LogP contribution in [0.5, 0.6) is 11.5 Å². The monoisotopic (exact) mass is 484 g/mol. The third-order valence-electron chi connectivity index (χ3n) is 5.46. The molecule has 4 rings (SSSR count). The molecule has 0 saturated heterocycles. The van der Waals surface area contributed by atoms with Gasteiger partial charge in [-0.15, -0.1) is 0 Å². The molecule has 178 valence electrons. The van der Waals surface area contributed by atoms with Crippen molar-refractivity contribution in [3.8, 4) is 22.8 Å². The van der Waals surface area contributed by atoms with Crippen LogP contribution in [0, 0.1) is 10.1 Å². The minimum atomic E-state index is -0.735. The zero-order chi connectivity index (χ0) is 24.2. The van der Waals surface area contributed by atoms with Crippen LogP contribution in [-0.4, -0.2) is 32.5 Å². The van der Waals surface area contributed by atoms with Gasteiger partial charge in [-0.1, -0.05) is 43.7 Å². The number of nitrogens with zero attached hydrogens (tertiary/aromatic N) is 3. The van der Waals surface area contributed by atoms with Crippen LogP contribution in [0.4, 0.5) is 11.4 Å². The summed E-state index contributed by atoms with van der Waals surface area (Å²) >= 11 is 1.46. The number of thioether (sulfide) groups is 1. The standard InChI is InChI=1S/C23H25N5O5S/c1-3-5-8-11-34-23-25-22(30)19-15-9-6-7-10-16(15)24-21(27(19)26-23)14-12-17(28(31)32)20(29)18(13-14)33-4-2/h6-7,9-10,12-13,21H,3-5,8,11H2,1-2H3,(H2,25,26,29,30)/p+1/t21-/m1/s1. The first-order chi connectivity index (χ1) is 16.4. The fraction of sp³-hybridized carbons (Fsp3) is 0.348. The van der Waals surface area contributed by atoms with E-state index >= 15 is 0 Å². The second-order valence-corrected chi connectivity index (χ2v) is 8.86. The molecule has 0 amide bonds. The van der Waals surface area contributed by atoms with Crippen LogP contribution >= 0.6 is 11.8 Å². The van der Waals surface area contributed by atoms with Crippen LogP contribution in [-0.2, 0) is 0 Å². The maximum Gasteiger partial charge on any atom is 0.325 e. The zero-order valence-electron chi connectivity index (χ0n) is 18.9. The first kappa shape index (κ1) is 23.6. The van der Waals surface area contributed by atoms with Crippen LogP contribution in [0.15, 0.2) is 46.3 Å². The van der Waals surface area contributed by atoms with Gasteiger partial charge in [0, 0.05) is 16.9 Å². The summed E-state index contributed by atoms with van der Waals surface area (Å²) in [5, 5.41) is 30.4. The molecule has 0 spiro atoms. The summed E-state index contributed by atoms with van der Waals surface area (Å²) in [5.41, 5.74) is 1.35. The molecule has 1 aliphatic heterocycles. The van der Waals surface area contributed by atoms with Crippen LogP contribution in [0.25, 0.3) is 11.3 Å². The number of phenols is 1. The molecule has 0 radical (unpaired) electrons. The number of ether oxygens (including phenoxy) is 1. The number of aromatic nitrogens is 3. The molecule has 0 aliphatic carbocycles. The van der Waals surface area contributed by atoms with Gasteiger partial charge in [-0.3, -0.25) is 19.9 Å². The van der Waals surface area contributed by atoms with Gasteiger partial charge in [-0.05, 0) is 36.2 Å². The van der Waals surface area contributed by atoms with E-state index in [1.54, 1.807) is 11.6 Å². The molecule has 2 heterocycles. The molecule has 0 fully saturated rings. The summed E-state index contributed by atoms with van der Waals surface area (Å²) in [6.45, 7) is 4.07. The number of hydrogen-bond donors (Lipinski definition) is 3. The highest BCUT2D eigenvalue weighted by Gasteiger charge is 2.39. The fourth-order valence-corrected chi connectivity index (χ4v) is 4.73. The highest BCUT2D eigenvalue weighted by atomic mass is 32.2. The van der Waals surface area contributed by atoms with Crippen molar-refractivity contribution < 1.29 is 19.4 Å². The highest BCUT2D eigenvalue weighted by molar-refractivity contribution is 7.99. The summed E-state index contributed by atoms with van der Waals surface area (Å²) < 4.78 is 7.01. The van der Waals surface area contributed by atoms with E-state index in [4.69, 9.17) is 4.74 Å². The van der Waals surface area contributed by atoms with Gasteiger partial charge in [0.05, 0.1) is 28.3 Å². The molecule has 34 heavy (non-hydrogen) atoms. The van der Waals surface area contributed by atoms with Gasteiger partial charge in [0.1, 0.15) is 0 Å². The third-order valence-corrected chi connectivity index (χ3v) is 6.41. The van der Waals surface area contributed by atoms with E-state index < -0.39 is 22.5 Å². The van der Waals surface area contributed by atoms with Gasteiger partial charge in [-0.25, -0.2) is 0 Å². The van der Waals surface area contributed by atoms with Crippen molar-refractivity contribution in [2.24, 2.45) is 0 Å². The van der Waals surface area contributed by atoms with Gasteiger partial charge >= 0.3 is 16.9 Å². The van der Waals surface area contributed by atoms with Crippen LogP contribution in [0.3, 0.4) is 0 Å². The van der Waals surface area contributed by atoms with Crippen molar-refractivity contribution in [1.29, 1.82) is 0 Å². The van der Waals surface area contributed by atoms with Gasteiger partial charge in [-0.2, -0.15) is 0 Å². The molecule has 3 N–H and O–H groups in total. The Morgan fingerprint density at radius 2 is 2.06 bits per heavy atom. The second-order valence-electron chi connectivity index (χ2n) is 7.78. The number of nitro benzene ring substituents is 1. The van der Waals surface area contributed by atoms with Gasteiger partial charge in [0.2, 0.25) is 10.9 Å². The molecular formula is C23H26N5O5S+. The average Bonchev–Trinajstić information content (AvgIpc) is 2.82. The Bertz CT molecular complexity index is 1280. The zero-order valence-corrected chi connectivity index (χ0v) is 19.7. The number of phenolic OH excluding ortho intramolecular Hbond substituents is 1. The van der Waals surface area contributed by atoms with E-state index in [1.165, 1.54) is 23.9 Å². The number of rotatable bonds is 9. The minimum absolute atomic E-state index is 0.00601. The van der Waals surface area contributed by atoms with E-state index in [0.29, 0.717) is 27.7 Å². The number of anilines is 1. The summed E-state index contributed by atoms with van der Waals surface area (Å²) in [5.74, 6) is 0.265. The van der Waals surface area contributed by atoms with E-state index in [9.17, 15) is 20.0 Å². The van der Waals surface area contributed by atoms with Crippen molar-refractivity contribution >= 4 is 23.1 Å². The highest BCUT2D eigenvalue weighted by Crippen LogP contribution is 2.40. The van der Waals surface area contributed by atoms with Gasteiger partial charge in [0.15, 0.2) is 5.75 Å². The van der Waals surface area contributed by atoms with E-state index in [2.05, 4.69) is 22.3 Å². The maximum absolute atomic E-state index is 13.2. The molecule has 11 heteroatoms. The minimum Gasteiger partial charge on any atom is -0.500 e. The van der Waals surface area contributed by atoms with Crippen LogP contribution in [0.1, 0.15) is 44.8 Å². The molecule has 0 bridgehead atoms. The summed E-state index contributed by atoms with van der Waals surface area (Å²) in [4.78, 5) is 27.0. The summed E-state index contributed by atoms with van der Waals surface area (Å²) in [6.07, 6.45) is 2.44. The Hall–Kier alpha value is -3.60. The number of nitrogens with one attached hydrogen (secondary N) is 2. The Morgan fingerprint density at radius 1 is 1.26 bits per heavy atom. The summed E-state index contributed by atoms with van der Waals surface area (Å²) in [7, 11) is 0. The topological polar surface area (TPSA) is 134 Å². The quantitative estimate of drug-likeness (QED) is 0.136. The average molecular weight is 485 g/mol. The Labute approximate surface area is 200 Å². The van der Waals surface area contributed by atoms with Crippen molar-refractivity contribution in [2.75, 3.05) is 17.7 Å². The number of para-hydroxylation sites is 1. The lowest BCUT2D eigenvalue weighted by Crippen LogP contribution is -2.55. The van der Waals surface area contributed by atoms with Crippen LogP contribution < -0.4 is 20.3 Å². The molecule has 1 aliphatic rings. The lowest BCUT2D eigenvalue weighted by molar-refractivity contribution is -0.759. The number of aromatic amines is 1. The lowest BCUT2D eigenvalue weighted by Gasteiger charge is -2.22. The molecular weight excluding hydrogens is 458 g/mol. The van der Waals surface area contributed by atoms with Crippen molar-refractivity contribution in [3.63, 3.8) is 0 Å². The molecule has 3 aromatic rings. The number of nitro groups is 1. The number of benzene rings is 2. The maximum atomic E-state index is 13.2. The Balaban J connectivity index is 1.87. The lowest BCUT2D eigenvalue weighted by atomic mass is 10.0. The predicted octanol–water partition coefficient (Wildman–Crippen LogP) is 3.99. The molecule has 0 unspecified atom stereocenters. The van der Waals surface area contributed by atoms with E-state index in [-0.39, 0.29) is 17.9 Å². The Morgan fingerprint density at radius 3 is 2.79 bits per heavy atom. The molecule has 1 atom stereocenters. The molecule has 0 saturated carbocycles. The Kier molecular flexibility index (Phi) is 7.01. The summed E-state index contributed by atoms with van der Waals surface area (Å²) in [6, 6.07) is 10.1. The number of H-pyrrole nitrogens is 1.